The average molecular weight is 267 g/mol. The maximum absolute atomic E-state index is 4.25. The number of imidazole rings is 1. The van der Waals surface area contributed by atoms with Crippen molar-refractivity contribution in [2.75, 3.05) is 5.32 Å². The Labute approximate surface area is 117 Å². The van der Waals surface area contributed by atoms with Gasteiger partial charge in [-0.1, -0.05) is 18.2 Å². The lowest BCUT2D eigenvalue weighted by Crippen LogP contribution is -2.08. The van der Waals surface area contributed by atoms with Crippen molar-refractivity contribution in [3.05, 3.63) is 66.5 Å². The summed E-state index contributed by atoms with van der Waals surface area (Å²) in [6, 6.07) is 10.2. The third-order valence-corrected chi connectivity index (χ3v) is 3.29. The van der Waals surface area contributed by atoms with Crippen molar-refractivity contribution in [3.63, 3.8) is 0 Å². The second-order valence-electron chi connectivity index (χ2n) is 4.71. The zero-order valence-corrected chi connectivity index (χ0v) is 11.4. The summed E-state index contributed by atoms with van der Waals surface area (Å²) in [6.45, 7) is 1.52. The van der Waals surface area contributed by atoms with E-state index in [4.69, 9.17) is 0 Å². The first-order valence-corrected chi connectivity index (χ1v) is 6.57. The van der Waals surface area contributed by atoms with E-state index < -0.39 is 0 Å². The van der Waals surface area contributed by atoms with Crippen molar-refractivity contribution in [3.8, 4) is 0 Å². The quantitative estimate of drug-likeness (QED) is 0.771. The highest BCUT2D eigenvalue weighted by atomic mass is 15.3. The number of para-hydroxylation sites is 1. The Balaban J connectivity index is 1.74. The Morgan fingerprint density at radius 1 is 1.20 bits per heavy atom. The summed E-state index contributed by atoms with van der Waals surface area (Å²) in [6.07, 6.45) is 7.46. The molecule has 0 unspecified atom stereocenters. The van der Waals surface area contributed by atoms with Crippen LogP contribution in [0.2, 0.25) is 0 Å². The molecule has 0 atom stereocenters. The Morgan fingerprint density at radius 2 is 2.10 bits per heavy atom. The minimum atomic E-state index is 0.757. The number of nitrogens with one attached hydrogen (secondary N) is 1. The van der Waals surface area contributed by atoms with Crippen molar-refractivity contribution in [1.82, 2.24) is 19.3 Å². The summed E-state index contributed by atoms with van der Waals surface area (Å²) in [5.41, 5.74) is 3.50. The lowest BCUT2D eigenvalue weighted by Gasteiger charge is -2.12. The molecule has 2 aromatic heterocycles. The molecule has 102 valence electrons. The van der Waals surface area contributed by atoms with E-state index in [0.717, 1.165) is 24.5 Å². The molecule has 0 bridgehead atoms. The van der Waals surface area contributed by atoms with Gasteiger partial charge in [0.1, 0.15) is 0 Å². The topological polar surface area (TPSA) is 47.7 Å². The second-order valence-corrected chi connectivity index (χ2v) is 4.71. The minimum absolute atomic E-state index is 0.757. The fourth-order valence-corrected chi connectivity index (χ4v) is 2.14. The van der Waals surface area contributed by atoms with Gasteiger partial charge in [0, 0.05) is 31.3 Å². The molecule has 0 radical (unpaired) electrons. The molecule has 0 saturated heterocycles. The molecule has 3 rings (SSSR count). The van der Waals surface area contributed by atoms with E-state index in [2.05, 4.69) is 27.5 Å². The maximum atomic E-state index is 4.25. The van der Waals surface area contributed by atoms with E-state index in [-0.39, 0.29) is 0 Å². The molecule has 0 fully saturated rings. The Kier molecular flexibility index (Phi) is 3.50. The number of aromatic nitrogens is 4. The molecular weight excluding hydrogens is 250 g/mol. The van der Waals surface area contributed by atoms with Crippen LogP contribution < -0.4 is 5.32 Å². The number of rotatable bonds is 5. The Morgan fingerprint density at radius 3 is 2.85 bits per heavy atom. The summed E-state index contributed by atoms with van der Waals surface area (Å²) in [5.74, 6) is 0. The lowest BCUT2D eigenvalue weighted by atomic mass is 10.1. The molecule has 0 aliphatic carbocycles. The van der Waals surface area contributed by atoms with Gasteiger partial charge in [0.2, 0.25) is 0 Å². The smallest absolute Gasteiger partial charge is 0.0946 e. The number of hydrogen-bond donors (Lipinski definition) is 1. The van der Waals surface area contributed by atoms with Crippen molar-refractivity contribution in [2.24, 2.45) is 7.05 Å². The van der Waals surface area contributed by atoms with Gasteiger partial charge in [-0.25, -0.2) is 4.98 Å². The van der Waals surface area contributed by atoms with Gasteiger partial charge in [-0.2, -0.15) is 5.10 Å². The zero-order chi connectivity index (χ0) is 13.8. The van der Waals surface area contributed by atoms with Gasteiger partial charge in [-0.15, -0.1) is 0 Å². The molecule has 3 aromatic rings. The summed E-state index contributed by atoms with van der Waals surface area (Å²) in [7, 11) is 2.00. The van der Waals surface area contributed by atoms with E-state index in [1.54, 1.807) is 6.20 Å². The van der Waals surface area contributed by atoms with Crippen molar-refractivity contribution in [2.45, 2.75) is 13.1 Å². The number of hydrogen-bond acceptors (Lipinski definition) is 3. The van der Waals surface area contributed by atoms with E-state index in [1.165, 1.54) is 5.56 Å². The molecule has 0 spiro atoms. The summed E-state index contributed by atoms with van der Waals surface area (Å²) >= 11 is 0. The third-order valence-electron chi connectivity index (χ3n) is 3.29. The average Bonchev–Trinajstić information content (AvgIpc) is 3.10. The summed E-state index contributed by atoms with van der Waals surface area (Å²) in [4.78, 5) is 4.13. The van der Waals surface area contributed by atoms with E-state index >= 15 is 0 Å². The van der Waals surface area contributed by atoms with Gasteiger partial charge < -0.3 is 9.88 Å². The normalized spacial score (nSPS) is 10.7. The van der Waals surface area contributed by atoms with Crippen LogP contribution in [0.25, 0.3) is 0 Å². The van der Waals surface area contributed by atoms with Crippen LogP contribution >= 0.6 is 0 Å². The molecule has 2 heterocycles. The first-order valence-electron chi connectivity index (χ1n) is 6.57. The van der Waals surface area contributed by atoms with Crippen LogP contribution in [0, 0.1) is 0 Å². The van der Waals surface area contributed by atoms with Gasteiger partial charge in [-0.3, -0.25) is 4.68 Å². The van der Waals surface area contributed by atoms with Crippen LogP contribution in [0.5, 0.6) is 0 Å². The minimum Gasteiger partial charge on any atom is -0.379 e. The van der Waals surface area contributed by atoms with Crippen LogP contribution in [-0.4, -0.2) is 19.3 Å². The Hall–Kier alpha value is -2.56. The third kappa shape index (κ3) is 2.71. The predicted molar refractivity (Wildman–Crippen MR) is 78.3 cm³/mol. The molecule has 0 aliphatic rings. The van der Waals surface area contributed by atoms with Crippen LogP contribution in [0.4, 0.5) is 5.69 Å². The van der Waals surface area contributed by atoms with E-state index in [0.29, 0.717) is 0 Å². The van der Waals surface area contributed by atoms with Crippen LogP contribution in [0.1, 0.15) is 11.3 Å². The summed E-state index contributed by atoms with van der Waals surface area (Å²) < 4.78 is 3.94. The molecule has 5 nitrogen and oxygen atoms in total. The summed E-state index contributed by atoms with van der Waals surface area (Å²) in [5, 5.41) is 7.72. The van der Waals surface area contributed by atoms with E-state index in [1.807, 2.05) is 53.2 Å². The number of aryl methyl sites for hydroxylation is 1. The Bertz CT molecular complexity index is 669. The van der Waals surface area contributed by atoms with Gasteiger partial charge in [0.25, 0.3) is 0 Å². The van der Waals surface area contributed by atoms with Crippen molar-refractivity contribution < 1.29 is 0 Å². The highest BCUT2D eigenvalue weighted by Crippen LogP contribution is 2.17. The SMILES string of the molecule is Cn1cncc1CNc1ccccc1Cn1cccn1. The fraction of sp³-hybridized carbons (Fsp3) is 0.200. The number of nitrogens with zero attached hydrogens (tertiary/aromatic N) is 4. The van der Waals surface area contributed by atoms with Crippen LogP contribution in [-0.2, 0) is 20.1 Å². The molecule has 5 heteroatoms. The van der Waals surface area contributed by atoms with E-state index in [9.17, 15) is 0 Å². The largest absolute Gasteiger partial charge is 0.379 e. The van der Waals surface area contributed by atoms with Crippen molar-refractivity contribution >= 4 is 5.69 Å². The highest BCUT2D eigenvalue weighted by Gasteiger charge is 2.04. The van der Waals surface area contributed by atoms with Gasteiger partial charge in [-0.05, 0) is 17.7 Å². The second kappa shape index (κ2) is 5.61. The predicted octanol–water partition coefficient (Wildman–Crippen LogP) is 2.28. The molecule has 0 amide bonds. The van der Waals surface area contributed by atoms with Gasteiger partial charge >= 0.3 is 0 Å². The van der Waals surface area contributed by atoms with Crippen LogP contribution in [0.15, 0.2) is 55.2 Å². The van der Waals surface area contributed by atoms with Crippen LogP contribution in [0.3, 0.4) is 0 Å². The zero-order valence-electron chi connectivity index (χ0n) is 11.4. The molecule has 1 aromatic carbocycles. The monoisotopic (exact) mass is 267 g/mol. The van der Waals surface area contributed by atoms with Gasteiger partial charge in [0.05, 0.1) is 25.1 Å². The standard InChI is InChI=1S/C15H17N5/c1-19-12-16-9-14(19)10-17-15-6-3-2-5-13(15)11-20-8-4-7-18-20/h2-9,12,17H,10-11H2,1H3. The molecule has 1 N–H and O–H groups in total. The lowest BCUT2D eigenvalue weighted by molar-refractivity contribution is 0.687. The molecule has 0 aliphatic heterocycles. The highest BCUT2D eigenvalue weighted by molar-refractivity contribution is 5.51. The first kappa shape index (κ1) is 12.5. The van der Waals surface area contributed by atoms with Crippen molar-refractivity contribution in [1.29, 1.82) is 0 Å². The fourth-order valence-electron chi connectivity index (χ4n) is 2.14. The molecule has 20 heavy (non-hydrogen) atoms. The first-order chi connectivity index (χ1) is 9.83. The molecule has 0 saturated carbocycles. The maximum Gasteiger partial charge on any atom is 0.0946 e. The number of anilines is 1. The number of benzene rings is 1. The van der Waals surface area contributed by atoms with Gasteiger partial charge in [0.15, 0.2) is 0 Å². The molecular formula is C15H17N5.